The van der Waals surface area contributed by atoms with Gasteiger partial charge in [-0.1, -0.05) is 36.4 Å². The summed E-state index contributed by atoms with van der Waals surface area (Å²) in [5, 5.41) is 5.44. The second kappa shape index (κ2) is 8.59. The number of anilines is 2. The van der Waals surface area contributed by atoms with Gasteiger partial charge in [0, 0.05) is 13.1 Å². The number of amides is 1. The highest BCUT2D eigenvalue weighted by Gasteiger charge is 2.21. The lowest BCUT2D eigenvalue weighted by Crippen LogP contribution is -2.26. The summed E-state index contributed by atoms with van der Waals surface area (Å²) in [7, 11) is 0. The third kappa shape index (κ3) is 3.91. The van der Waals surface area contributed by atoms with Crippen molar-refractivity contribution < 1.29 is 4.79 Å². The van der Waals surface area contributed by atoms with E-state index in [1.54, 1.807) is 16.7 Å². The summed E-state index contributed by atoms with van der Waals surface area (Å²) in [4.78, 5) is 33.9. The Morgan fingerprint density at radius 2 is 1.88 bits per heavy atom. The van der Waals surface area contributed by atoms with E-state index < -0.39 is 0 Å². The van der Waals surface area contributed by atoms with Gasteiger partial charge in [0.05, 0.1) is 33.7 Å². The van der Waals surface area contributed by atoms with Gasteiger partial charge in [0.15, 0.2) is 0 Å². The van der Waals surface area contributed by atoms with Gasteiger partial charge in [-0.3, -0.25) is 14.2 Å². The average molecular weight is 445 g/mol. The summed E-state index contributed by atoms with van der Waals surface area (Å²) in [6.07, 6.45) is 2.23. The first kappa shape index (κ1) is 20.5. The van der Waals surface area contributed by atoms with Crippen molar-refractivity contribution in [3.05, 3.63) is 86.6 Å². The fourth-order valence-corrected chi connectivity index (χ4v) is 4.85. The number of aryl methyl sites for hydroxylation is 1. The summed E-state index contributed by atoms with van der Waals surface area (Å²) >= 11 is 1.40. The molecular weight excluding hydrogens is 420 g/mol. The minimum absolute atomic E-state index is 0.101. The molecule has 4 aromatic rings. The molecule has 2 aromatic heterocycles. The maximum atomic E-state index is 13.5. The Morgan fingerprint density at radius 3 is 2.59 bits per heavy atom. The van der Waals surface area contributed by atoms with Crippen LogP contribution in [-0.4, -0.2) is 28.5 Å². The zero-order chi connectivity index (χ0) is 22.1. The highest BCUT2D eigenvalue weighted by Crippen LogP contribution is 2.33. The van der Waals surface area contributed by atoms with Gasteiger partial charge in [-0.05, 0) is 48.9 Å². The van der Waals surface area contributed by atoms with Crippen molar-refractivity contribution in [2.24, 2.45) is 0 Å². The van der Waals surface area contributed by atoms with Crippen LogP contribution >= 0.6 is 11.3 Å². The number of benzene rings is 2. The van der Waals surface area contributed by atoms with Gasteiger partial charge >= 0.3 is 0 Å². The van der Waals surface area contributed by atoms with E-state index in [0.717, 1.165) is 37.2 Å². The Kier molecular flexibility index (Phi) is 5.49. The summed E-state index contributed by atoms with van der Waals surface area (Å²) in [5.41, 5.74) is 3.18. The van der Waals surface area contributed by atoms with Gasteiger partial charge in [-0.15, -0.1) is 11.3 Å². The molecule has 32 heavy (non-hydrogen) atoms. The molecule has 2 aromatic carbocycles. The standard InChI is InChI=1S/C25H24N4O2S/c1-17-26-20-15-22(28-11-5-6-12-28)21(27-24(30)23-10-7-13-32-23)14-19(20)25(31)29(17)16-18-8-3-2-4-9-18/h2-4,7-10,13-15H,5-6,11-12,16H2,1H3,(H,27,30). The van der Waals surface area contributed by atoms with Gasteiger partial charge < -0.3 is 10.2 Å². The Hall–Kier alpha value is -3.45. The van der Waals surface area contributed by atoms with Crippen LogP contribution in [0.15, 0.2) is 64.8 Å². The number of carbonyl (C=O) groups is 1. The number of fused-ring (bicyclic) bond motifs is 1. The maximum absolute atomic E-state index is 13.5. The molecule has 1 fully saturated rings. The Bertz CT molecular complexity index is 1320. The van der Waals surface area contributed by atoms with E-state index in [-0.39, 0.29) is 11.5 Å². The second-order valence-corrected chi connectivity index (χ2v) is 9.00. The molecule has 0 bridgehead atoms. The molecule has 0 saturated carbocycles. The number of thiophene rings is 1. The van der Waals surface area contributed by atoms with Crippen molar-refractivity contribution in [2.75, 3.05) is 23.3 Å². The quantitative estimate of drug-likeness (QED) is 0.486. The van der Waals surface area contributed by atoms with Crippen LogP contribution in [0.5, 0.6) is 0 Å². The second-order valence-electron chi connectivity index (χ2n) is 8.05. The number of nitrogens with one attached hydrogen (secondary N) is 1. The minimum Gasteiger partial charge on any atom is -0.370 e. The third-order valence-electron chi connectivity index (χ3n) is 5.89. The van der Waals surface area contributed by atoms with Crippen LogP contribution in [0.2, 0.25) is 0 Å². The maximum Gasteiger partial charge on any atom is 0.265 e. The van der Waals surface area contributed by atoms with Crippen molar-refractivity contribution in [3.63, 3.8) is 0 Å². The minimum atomic E-state index is -0.163. The van der Waals surface area contributed by atoms with Crippen LogP contribution in [-0.2, 0) is 6.54 Å². The van der Waals surface area contributed by atoms with Gasteiger partial charge in [0.2, 0.25) is 0 Å². The van der Waals surface area contributed by atoms with Gasteiger partial charge in [0.25, 0.3) is 11.5 Å². The number of carbonyl (C=O) groups excluding carboxylic acids is 1. The SMILES string of the molecule is Cc1nc2cc(N3CCCC3)c(NC(=O)c3cccs3)cc2c(=O)n1Cc1ccccc1. The third-order valence-corrected chi connectivity index (χ3v) is 6.75. The van der Waals surface area contributed by atoms with Crippen LogP contribution in [0.3, 0.4) is 0 Å². The first-order valence-corrected chi connectivity index (χ1v) is 11.7. The molecule has 0 radical (unpaired) electrons. The topological polar surface area (TPSA) is 67.2 Å². The highest BCUT2D eigenvalue weighted by atomic mass is 32.1. The predicted molar refractivity (Wildman–Crippen MR) is 130 cm³/mol. The lowest BCUT2D eigenvalue weighted by atomic mass is 10.1. The average Bonchev–Trinajstić information content (AvgIpc) is 3.52. The smallest absolute Gasteiger partial charge is 0.265 e. The molecule has 0 atom stereocenters. The lowest BCUT2D eigenvalue weighted by molar-refractivity contribution is 0.103. The van der Waals surface area contributed by atoms with Crippen LogP contribution in [0, 0.1) is 6.92 Å². The Labute approximate surface area is 190 Å². The normalized spacial score (nSPS) is 13.6. The number of hydrogen-bond acceptors (Lipinski definition) is 5. The van der Waals surface area contributed by atoms with E-state index in [2.05, 4.69) is 10.2 Å². The predicted octanol–water partition coefficient (Wildman–Crippen LogP) is 4.67. The van der Waals surface area contributed by atoms with Crippen molar-refractivity contribution in [3.8, 4) is 0 Å². The van der Waals surface area contributed by atoms with Crippen LogP contribution in [0.1, 0.15) is 33.9 Å². The largest absolute Gasteiger partial charge is 0.370 e. The number of nitrogens with zero attached hydrogens (tertiary/aromatic N) is 3. The molecule has 3 heterocycles. The van der Waals surface area contributed by atoms with Crippen LogP contribution < -0.4 is 15.8 Å². The van der Waals surface area contributed by atoms with E-state index in [4.69, 9.17) is 4.98 Å². The summed E-state index contributed by atoms with van der Waals surface area (Å²) in [5.74, 6) is 0.513. The Balaban J connectivity index is 1.62. The molecule has 1 N–H and O–H groups in total. The molecule has 1 aliphatic heterocycles. The van der Waals surface area contributed by atoms with Crippen LogP contribution in [0.25, 0.3) is 10.9 Å². The molecule has 0 unspecified atom stereocenters. The zero-order valence-electron chi connectivity index (χ0n) is 17.9. The molecule has 1 saturated heterocycles. The number of aromatic nitrogens is 2. The Morgan fingerprint density at radius 1 is 1.09 bits per heavy atom. The van der Waals surface area contributed by atoms with E-state index >= 15 is 0 Å². The van der Waals surface area contributed by atoms with Crippen LogP contribution in [0.4, 0.5) is 11.4 Å². The number of rotatable bonds is 5. The fourth-order valence-electron chi connectivity index (χ4n) is 4.23. The molecule has 7 heteroatoms. The zero-order valence-corrected chi connectivity index (χ0v) is 18.7. The van der Waals surface area contributed by atoms with Gasteiger partial charge in [-0.25, -0.2) is 4.98 Å². The van der Waals surface area contributed by atoms with E-state index in [9.17, 15) is 9.59 Å². The summed E-state index contributed by atoms with van der Waals surface area (Å²) in [6, 6.07) is 17.3. The van der Waals surface area contributed by atoms with Crippen molar-refractivity contribution >= 4 is 39.5 Å². The number of hydrogen-bond donors (Lipinski definition) is 1. The van der Waals surface area contributed by atoms with E-state index in [1.807, 2.05) is 54.8 Å². The molecule has 162 valence electrons. The molecule has 1 amide bonds. The monoisotopic (exact) mass is 444 g/mol. The molecule has 6 nitrogen and oxygen atoms in total. The van der Waals surface area contributed by atoms with Crippen molar-refractivity contribution in [1.29, 1.82) is 0 Å². The van der Waals surface area contributed by atoms with Gasteiger partial charge in [-0.2, -0.15) is 0 Å². The molecule has 1 aliphatic rings. The first-order valence-electron chi connectivity index (χ1n) is 10.8. The lowest BCUT2D eigenvalue weighted by Gasteiger charge is -2.22. The van der Waals surface area contributed by atoms with Gasteiger partial charge in [0.1, 0.15) is 5.82 Å². The summed E-state index contributed by atoms with van der Waals surface area (Å²) in [6.45, 7) is 4.18. The fraction of sp³-hybridized carbons (Fsp3) is 0.240. The molecule has 0 aliphatic carbocycles. The van der Waals surface area contributed by atoms with E-state index in [1.165, 1.54) is 11.3 Å². The summed E-state index contributed by atoms with van der Waals surface area (Å²) < 4.78 is 1.69. The van der Waals surface area contributed by atoms with Crippen molar-refractivity contribution in [1.82, 2.24) is 9.55 Å². The van der Waals surface area contributed by atoms with Crippen molar-refractivity contribution in [2.45, 2.75) is 26.3 Å². The molecule has 0 spiro atoms. The van der Waals surface area contributed by atoms with E-state index in [0.29, 0.717) is 33.8 Å². The molecular formula is C25H24N4O2S. The first-order chi connectivity index (χ1) is 15.6. The molecule has 5 rings (SSSR count). The highest BCUT2D eigenvalue weighted by molar-refractivity contribution is 7.12.